The number of carbonyl (C=O) groups excluding carboxylic acids is 2. The van der Waals surface area contributed by atoms with Crippen LogP contribution in [-0.4, -0.2) is 61.7 Å². The minimum atomic E-state index is -3.84. The van der Waals surface area contributed by atoms with Crippen molar-refractivity contribution >= 4 is 21.8 Å². The van der Waals surface area contributed by atoms with E-state index in [1.54, 1.807) is 19.1 Å². The summed E-state index contributed by atoms with van der Waals surface area (Å²) in [5, 5.41) is 2.72. The normalized spacial score (nSPS) is 16.3. The summed E-state index contributed by atoms with van der Waals surface area (Å²) in [5.41, 5.74) is 1.55. The minimum Gasteiger partial charge on any atom is -0.341 e. The van der Waals surface area contributed by atoms with Crippen molar-refractivity contribution in [2.75, 3.05) is 26.2 Å². The number of nitrogens with one attached hydrogen (secondary N) is 1. The van der Waals surface area contributed by atoms with Crippen molar-refractivity contribution < 1.29 is 22.4 Å². The monoisotopic (exact) mass is 475 g/mol. The van der Waals surface area contributed by atoms with Gasteiger partial charge in [-0.05, 0) is 48.2 Å². The summed E-state index contributed by atoms with van der Waals surface area (Å²) in [6.45, 7) is 8.45. The summed E-state index contributed by atoms with van der Waals surface area (Å²) in [6.07, 6.45) is 0. The Labute approximate surface area is 194 Å². The average molecular weight is 476 g/mol. The van der Waals surface area contributed by atoms with Crippen LogP contribution < -0.4 is 5.32 Å². The Kier molecular flexibility index (Phi) is 7.23. The second-order valence-corrected chi connectivity index (χ2v) is 11.1. The molecular formula is C24H30FN3O4S. The fourth-order valence-electron chi connectivity index (χ4n) is 3.66. The number of halogens is 1. The van der Waals surface area contributed by atoms with Gasteiger partial charge in [-0.15, -0.1) is 0 Å². The Bertz CT molecular complexity index is 1120. The molecule has 1 unspecified atom stereocenters. The van der Waals surface area contributed by atoms with Crippen LogP contribution in [0.1, 0.15) is 43.6 Å². The third kappa shape index (κ3) is 5.78. The molecule has 1 saturated heterocycles. The molecule has 1 heterocycles. The molecule has 1 atom stereocenters. The zero-order valence-corrected chi connectivity index (χ0v) is 20.2. The van der Waals surface area contributed by atoms with E-state index >= 15 is 0 Å². The number of hydrogen-bond acceptors (Lipinski definition) is 4. The van der Waals surface area contributed by atoms with E-state index in [1.807, 2.05) is 12.1 Å². The number of amides is 2. The lowest BCUT2D eigenvalue weighted by molar-refractivity contribution is -0.134. The molecule has 3 rings (SSSR count). The van der Waals surface area contributed by atoms with Crippen molar-refractivity contribution in [1.29, 1.82) is 0 Å². The Hall–Kier alpha value is -2.78. The first kappa shape index (κ1) is 24.9. The second-order valence-electron chi connectivity index (χ2n) is 9.21. The van der Waals surface area contributed by atoms with Crippen molar-refractivity contribution in [3.63, 3.8) is 0 Å². The smallest absolute Gasteiger partial charge is 0.251 e. The average Bonchev–Trinajstić information content (AvgIpc) is 2.78. The summed E-state index contributed by atoms with van der Waals surface area (Å²) in [6, 6.07) is 11.4. The van der Waals surface area contributed by atoms with E-state index in [4.69, 9.17) is 0 Å². The van der Waals surface area contributed by atoms with Crippen LogP contribution in [-0.2, 0) is 20.2 Å². The Morgan fingerprint density at radius 3 is 2.15 bits per heavy atom. The van der Waals surface area contributed by atoms with E-state index < -0.39 is 21.9 Å². The lowest BCUT2D eigenvalue weighted by Gasteiger charge is -2.35. The Morgan fingerprint density at radius 1 is 1.00 bits per heavy atom. The summed E-state index contributed by atoms with van der Waals surface area (Å²) in [5.74, 6) is -1.25. The van der Waals surface area contributed by atoms with Gasteiger partial charge < -0.3 is 10.2 Å². The lowest BCUT2D eigenvalue weighted by atomic mass is 9.86. The number of carbonyl (C=O) groups is 2. The fourth-order valence-corrected chi connectivity index (χ4v) is 5.12. The molecule has 178 valence electrons. The van der Waals surface area contributed by atoms with E-state index in [0.29, 0.717) is 5.56 Å². The standard InChI is InChI=1S/C24H30FN3O4S/c1-17(26-22(29)18-8-10-19(11-9-18)24(2,3)4)23(30)27-12-14-28(15-13-27)33(31,32)21-7-5-6-20(25)16-21/h5-11,16-17H,12-15H2,1-4H3,(H,26,29). The zero-order valence-electron chi connectivity index (χ0n) is 19.3. The minimum absolute atomic E-state index is 0.0252. The van der Waals surface area contributed by atoms with Gasteiger partial charge in [0.05, 0.1) is 4.90 Å². The maximum Gasteiger partial charge on any atom is 0.251 e. The topological polar surface area (TPSA) is 86.8 Å². The van der Waals surface area contributed by atoms with Gasteiger partial charge in [-0.25, -0.2) is 12.8 Å². The maximum absolute atomic E-state index is 13.4. The van der Waals surface area contributed by atoms with E-state index in [-0.39, 0.29) is 48.3 Å². The van der Waals surface area contributed by atoms with Gasteiger partial charge >= 0.3 is 0 Å². The summed E-state index contributed by atoms with van der Waals surface area (Å²) >= 11 is 0. The first-order chi connectivity index (χ1) is 15.4. The molecule has 0 radical (unpaired) electrons. The molecule has 2 amide bonds. The third-order valence-corrected chi connectivity index (χ3v) is 7.61. The van der Waals surface area contributed by atoms with E-state index in [1.165, 1.54) is 27.4 Å². The van der Waals surface area contributed by atoms with Crippen molar-refractivity contribution in [1.82, 2.24) is 14.5 Å². The van der Waals surface area contributed by atoms with Crippen molar-refractivity contribution in [2.24, 2.45) is 0 Å². The molecule has 0 spiro atoms. The molecular weight excluding hydrogens is 445 g/mol. The fraction of sp³-hybridized carbons (Fsp3) is 0.417. The van der Waals surface area contributed by atoms with E-state index in [0.717, 1.165) is 11.6 Å². The predicted octanol–water partition coefficient (Wildman–Crippen LogP) is 2.77. The van der Waals surface area contributed by atoms with Crippen molar-refractivity contribution in [2.45, 2.75) is 44.0 Å². The number of sulfonamides is 1. The molecule has 7 nitrogen and oxygen atoms in total. The van der Waals surface area contributed by atoms with Gasteiger partial charge in [0.2, 0.25) is 15.9 Å². The van der Waals surface area contributed by atoms with Crippen LogP contribution in [0.5, 0.6) is 0 Å². The van der Waals surface area contributed by atoms with Crippen molar-refractivity contribution in [3.8, 4) is 0 Å². The van der Waals surface area contributed by atoms with Gasteiger partial charge in [-0.1, -0.05) is 39.0 Å². The molecule has 0 aromatic heterocycles. The SMILES string of the molecule is CC(NC(=O)c1ccc(C(C)(C)C)cc1)C(=O)N1CCN(S(=O)(=O)c2cccc(F)c2)CC1. The summed E-state index contributed by atoms with van der Waals surface area (Å²) in [4.78, 5) is 26.8. The molecule has 0 bridgehead atoms. The number of rotatable bonds is 5. The highest BCUT2D eigenvalue weighted by Gasteiger charge is 2.32. The number of hydrogen-bond donors (Lipinski definition) is 1. The largest absolute Gasteiger partial charge is 0.341 e. The van der Waals surface area contributed by atoms with Gasteiger partial charge in [-0.2, -0.15) is 4.31 Å². The first-order valence-corrected chi connectivity index (χ1v) is 12.3. The Morgan fingerprint density at radius 2 is 1.61 bits per heavy atom. The van der Waals surface area contributed by atoms with Crippen LogP contribution in [0.15, 0.2) is 53.4 Å². The molecule has 2 aromatic rings. The number of benzene rings is 2. The lowest BCUT2D eigenvalue weighted by Crippen LogP contribution is -2.55. The van der Waals surface area contributed by atoms with Gasteiger partial charge in [0, 0.05) is 31.7 Å². The molecule has 1 aliphatic heterocycles. The van der Waals surface area contributed by atoms with Gasteiger partial charge in [0.1, 0.15) is 11.9 Å². The molecule has 1 N–H and O–H groups in total. The van der Waals surface area contributed by atoms with Gasteiger partial charge in [0.25, 0.3) is 5.91 Å². The first-order valence-electron chi connectivity index (χ1n) is 10.9. The van der Waals surface area contributed by atoms with Crippen LogP contribution in [0.2, 0.25) is 0 Å². The molecule has 2 aromatic carbocycles. The predicted molar refractivity (Wildman–Crippen MR) is 124 cm³/mol. The highest BCUT2D eigenvalue weighted by Crippen LogP contribution is 2.22. The third-order valence-electron chi connectivity index (χ3n) is 5.72. The summed E-state index contributed by atoms with van der Waals surface area (Å²) in [7, 11) is -3.84. The maximum atomic E-state index is 13.4. The van der Waals surface area contributed by atoms with E-state index in [2.05, 4.69) is 26.1 Å². The quantitative estimate of drug-likeness (QED) is 0.721. The number of piperazine rings is 1. The molecule has 0 aliphatic carbocycles. The molecule has 0 saturated carbocycles. The highest BCUT2D eigenvalue weighted by molar-refractivity contribution is 7.89. The molecule has 1 aliphatic rings. The van der Waals surface area contributed by atoms with E-state index in [9.17, 15) is 22.4 Å². The molecule has 1 fully saturated rings. The second kappa shape index (κ2) is 9.61. The van der Waals surface area contributed by atoms with Gasteiger partial charge in [-0.3, -0.25) is 9.59 Å². The van der Waals surface area contributed by atoms with Crippen LogP contribution in [0.3, 0.4) is 0 Å². The van der Waals surface area contributed by atoms with Crippen LogP contribution in [0.4, 0.5) is 4.39 Å². The van der Waals surface area contributed by atoms with Crippen LogP contribution in [0.25, 0.3) is 0 Å². The Balaban J connectivity index is 1.57. The highest BCUT2D eigenvalue weighted by atomic mass is 32.2. The molecule has 9 heteroatoms. The van der Waals surface area contributed by atoms with Crippen LogP contribution >= 0.6 is 0 Å². The van der Waals surface area contributed by atoms with Crippen LogP contribution in [0, 0.1) is 5.82 Å². The zero-order chi connectivity index (χ0) is 24.4. The summed E-state index contributed by atoms with van der Waals surface area (Å²) < 4.78 is 40.2. The number of nitrogens with zero attached hydrogens (tertiary/aromatic N) is 2. The van der Waals surface area contributed by atoms with Crippen molar-refractivity contribution in [3.05, 3.63) is 65.5 Å². The molecule has 33 heavy (non-hydrogen) atoms. The van der Waals surface area contributed by atoms with Gasteiger partial charge in [0.15, 0.2) is 0 Å².